The summed E-state index contributed by atoms with van der Waals surface area (Å²) in [6, 6.07) is 16.2. The lowest BCUT2D eigenvalue weighted by Gasteiger charge is -2.16. The molecule has 6 nitrogen and oxygen atoms in total. The molecule has 31 heavy (non-hydrogen) atoms. The van der Waals surface area contributed by atoms with Crippen LogP contribution in [0.3, 0.4) is 0 Å². The van der Waals surface area contributed by atoms with E-state index in [-0.39, 0.29) is 24.0 Å². The van der Waals surface area contributed by atoms with Crippen molar-refractivity contribution in [2.75, 3.05) is 16.8 Å². The maximum absolute atomic E-state index is 12.3. The van der Waals surface area contributed by atoms with Crippen LogP contribution in [0.4, 0.5) is 16.2 Å². The molecule has 2 aliphatic rings. The third-order valence-electron chi connectivity index (χ3n) is 5.33. The van der Waals surface area contributed by atoms with Crippen molar-refractivity contribution in [1.82, 2.24) is 10.6 Å². The van der Waals surface area contributed by atoms with Gasteiger partial charge in [-0.05, 0) is 61.4 Å². The standard InChI is InChI=1S/C22H26N4O2S3/c23-14-5-9-16(10-6-14)30-31-17-11-7-15(8-12-17)24-20(27)4-2-1-3-19-21-18(13-29-19)25-22(28)26-21/h5-12,18-19,21H,1-4,13,23H2,(H,24,27)(H2,25,26,28). The van der Waals surface area contributed by atoms with Crippen LogP contribution in [0.25, 0.3) is 0 Å². The van der Waals surface area contributed by atoms with Crippen molar-refractivity contribution in [3.8, 4) is 0 Å². The summed E-state index contributed by atoms with van der Waals surface area (Å²) in [5.41, 5.74) is 7.30. The lowest BCUT2D eigenvalue weighted by Crippen LogP contribution is -2.36. The number of anilines is 2. The number of carbonyl (C=O) groups is 2. The van der Waals surface area contributed by atoms with Crippen LogP contribution in [0.1, 0.15) is 25.7 Å². The van der Waals surface area contributed by atoms with Gasteiger partial charge in [0.1, 0.15) is 0 Å². The molecule has 2 aliphatic heterocycles. The normalized spacial score (nSPS) is 21.9. The van der Waals surface area contributed by atoms with Crippen LogP contribution < -0.4 is 21.7 Å². The van der Waals surface area contributed by atoms with Crippen LogP contribution >= 0.6 is 33.3 Å². The average molecular weight is 475 g/mol. The first-order valence-electron chi connectivity index (χ1n) is 10.4. The predicted molar refractivity (Wildman–Crippen MR) is 132 cm³/mol. The minimum atomic E-state index is -0.0482. The zero-order chi connectivity index (χ0) is 21.6. The molecule has 2 saturated heterocycles. The number of benzene rings is 2. The van der Waals surface area contributed by atoms with E-state index < -0.39 is 0 Å². The van der Waals surface area contributed by atoms with Crippen molar-refractivity contribution in [1.29, 1.82) is 0 Å². The Hall–Kier alpha value is -1.97. The Morgan fingerprint density at radius 3 is 2.42 bits per heavy atom. The molecule has 0 aromatic heterocycles. The predicted octanol–water partition coefficient (Wildman–Crippen LogP) is 4.73. The Bertz CT molecular complexity index is 908. The van der Waals surface area contributed by atoms with Gasteiger partial charge in [-0.25, -0.2) is 4.79 Å². The number of thioether (sulfide) groups is 1. The van der Waals surface area contributed by atoms with Gasteiger partial charge in [0.15, 0.2) is 0 Å². The number of nitrogen functional groups attached to an aromatic ring is 1. The fourth-order valence-corrected chi connectivity index (χ4v) is 7.19. The highest BCUT2D eigenvalue weighted by molar-refractivity contribution is 8.76. The van der Waals surface area contributed by atoms with Crippen LogP contribution in [0.15, 0.2) is 58.3 Å². The maximum Gasteiger partial charge on any atom is 0.315 e. The first-order chi connectivity index (χ1) is 15.1. The van der Waals surface area contributed by atoms with E-state index in [4.69, 9.17) is 5.73 Å². The number of fused-ring (bicyclic) bond motifs is 1. The second kappa shape index (κ2) is 10.6. The van der Waals surface area contributed by atoms with Gasteiger partial charge >= 0.3 is 6.03 Å². The van der Waals surface area contributed by atoms with Gasteiger partial charge in [-0.15, -0.1) is 0 Å². The molecule has 0 aliphatic carbocycles. The van der Waals surface area contributed by atoms with Crippen molar-refractivity contribution in [3.63, 3.8) is 0 Å². The third-order valence-corrected chi connectivity index (χ3v) is 9.26. The van der Waals surface area contributed by atoms with Gasteiger partial charge < -0.3 is 21.7 Å². The summed E-state index contributed by atoms with van der Waals surface area (Å²) in [5.74, 6) is 1.02. The fourth-order valence-electron chi connectivity index (χ4n) is 3.71. The molecule has 2 heterocycles. The number of hydrogen-bond donors (Lipinski definition) is 4. The highest BCUT2D eigenvalue weighted by atomic mass is 33.1. The summed E-state index contributed by atoms with van der Waals surface area (Å²) >= 11 is 1.92. The number of rotatable bonds is 9. The average Bonchev–Trinajstić information content (AvgIpc) is 3.31. The minimum Gasteiger partial charge on any atom is -0.399 e. The fraction of sp³-hybridized carbons (Fsp3) is 0.364. The van der Waals surface area contributed by atoms with Gasteiger partial charge in [0.25, 0.3) is 0 Å². The lowest BCUT2D eigenvalue weighted by molar-refractivity contribution is -0.116. The molecule has 164 valence electrons. The Kier molecular flexibility index (Phi) is 7.58. The molecule has 9 heteroatoms. The van der Waals surface area contributed by atoms with E-state index >= 15 is 0 Å². The molecule has 0 bridgehead atoms. The molecule has 2 aromatic rings. The van der Waals surface area contributed by atoms with E-state index in [1.54, 1.807) is 21.6 Å². The van der Waals surface area contributed by atoms with Crippen LogP contribution in [0.2, 0.25) is 0 Å². The maximum atomic E-state index is 12.3. The third kappa shape index (κ3) is 6.27. The summed E-state index contributed by atoms with van der Waals surface area (Å²) in [4.78, 5) is 26.0. The molecule has 5 N–H and O–H groups in total. The molecule has 3 atom stereocenters. The Morgan fingerprint density at radius 1 is 1.03 bits per heavy atom. The quantitative estimate of drug-likeness (QED) is 0.182. The second-order valence-electron chi connectivity index (χ2n) is 7.68. The molecule has 0 radical (unpaired) electrons. The van der Waals surface area contributed by atoms with Gasteiger partial charge in [-0.1, -0.05) is 28.0 Å². The van der Waals surface area contributed by atoms with E-state index in [9.17, 15) is 9.59 Å². The van der Waals surface area contributed by atoms with E-state index in [0.717, 1.165) is 46.2 Å². The van der Waals surface area contributed by atoms with Gasteiger partial charge in [-0.3, -0.25) is 4.79 Å². The summed E-state index contributed by atoms with van der Waals surface area (Å²) < 4.78 is 0. The van der Waals surface area contributed by atoms with E-state index in [2.05, 4.69) is 16.0 Å². The number of unbranched alkanes of at least 4 members (excludes halogenated alkanes) is 1. The number of nitrogens with two attached hydrogens (primary N) is 1. The number of nitrogens with one attached hydrogen (secondary N) is 3. The van der Waals surface area contributed by atoms with Gasteiger partial charge in [0.05, 0.1) is 12.1 Å². The Balaban J connectivity index is 1.13. The first kappa shape index (κ1) is 22.2. The molecule has 2 aromatic carbocycles. The largest absolute Gasteiger partial charge is 0.399 e. The van der Waals surface area contributed by atoms with E-state index in [1.807, 2.05) is 60.3 Å². The Morgan fingerprint density at radius 2 is 1.71 bits per heavy atom. The SMILES string of the molecule is Nc1ccc(SSc2ccc(NC(=O)CCCCC3SCC4NC(=O)NC43)cc2)cc1. The monoisotopic (exact) mass is 474 g/mol. The van der Waals surface area contributed by atoms with Crippen LogP contribution in [0.5, 0.6) is 0 Å². The summed E-state index contributed by atoms with van der Waals surface area (Å²) in [5, 5.41) is 9.40. The van der Waals surface area contributed by atoms with Crippen LogP contribution in [-0.4, -0.2) is 35.0 Å². The molecule has 3 unspecified atom stereocenters. The Labute approximate surface area is 194 Å². The van der Waals surface area contributed by atoms with Crippen molar-refractivity contribution in [2.45, 2.75) is 52.8 Å². The number of hydrogen-bond acceptors (Lipinski definition) is 6. The molecule has 0 saturated carbocycles. The highest BCUT2D eigenvalue weighted by Gasteiger charge is 2.42. The van der Waals surface area contributed by atoms with Gasteiger partial charge in [-0.2, -0.15) is 11.8 Å². The second-order valence-corrected chi connectivity index (χ2v) is 11.2. The summed E-state index contributed by atoms with van der Waals surface area (Å²) in [6.07, 6.45) is 3.38. The van der Waals surface area contributed by atoms with Crippen molar-refractivity contribution in [3.05, 3.63) is 48.5 Å². The van der Waals surface area contributed by atoms with Crippen LogP contribution in [0, 0.1) is 0 Å². The minimum absolute atomic E-state index is 0.0458. The lowest BCUT2D eigenvalue weighted by atomic mass is 10.0. The molecular formula is C22H26N4O2S3. The van der Waals surface area contributed by atoms with Crippen molar-refractivity contribution < 1.29 is 9.59 Å². The number of amides is 3. The molecule has 4 rings (SSSR count). The van der Waals surface area contributed by atoms with Gasteiger partial charge in [0.2, 0.25) is 5.91 Å². The summed E-state index contributed by atoms with van der Waals surface area (Å²) in [7, 11) is 3.35. The van der Waals surface area contributed by atoms with Crippen molar-refractivity contribution >= 4 is 56.7 Å². The van der Waals surface area contributed by atoms with Crippen molar-refractivity contribution in [2.24, 2.45) is 0 Å². The van der Waals surface area contributed by atoms with Gasteiger partial charge in [0, 0.05) is 38.6 Å². The highest BCUT2D eigenvalue weighted by Crippen LogP contribution is 2.38. The molecule has 2 fully saturated rings. The zero-order valence-corrected chi connectivity index (χ0v) is 19.5. The molecular weight excluding hydrogens is 448 g/mol. The first-order valence-corrected chi connectivity index (χ1v) is 13.6. The number of urea groups is 1. The zero-order valence-electron chi connectivity index (χ0n) is 17.0. The van der Waals surface area contributed by atoms with E-state index in [1.165, 1.54) is 0 Å². The summed E-state index contributed by atoms with van der Waals surface area (Å²) in [6.45, 7) is 0. The topological polar surface area (TPSA) is 96.2 Å². The molecule has 3 amide bonds. The smallest absolute Gasteiger partial charge is 0.315 e. The number of carbonyl (C=O) groups excluding carboxylic acids is 2. The van der Waals surface area contributed by atoms with Crippen LogP contribution in [-0.2, 0) is 4.79 Å². The molecule has 0 spiro atoms. The van der Waals surface area contributed by atoms with E-state index in [0.29, 0.717) is 11.7 Å².